The van der Waals surface area contributed by atoms with Crippen LogP contribution in [-0.4, -0.2) is 16.0 Å². The number of nitriles is 2. The van der Waals surface area contributed by atoms with Crippen LogP contribution < -0.4 is 5.32 Å². The third-order valence-electron chi connectivity index (χ3n) is 2.05. The Morgan fingerprint density at radius 2 is 2.05 bits per heavy atom. The molecule has 8 heteroatoms. The van der Waals surface area contributed by atoms with Crippen LogP contribution in [0.2, 0.25) is 0 Å². The van der Waals surface area contributed by atoms with Crippen molar-refractivity contribution in [2.24, 2.45) is 0 Å². The van der Waals surface area contributed by atoms with Crippen LogP contribution in [0.1, 0.15) is 10.4 Å². The van der Waals surface area contributed by atoms with E-state index in [2.05, 4.69) is 5.32 Å². The predicted octanol–water partition coefficient (Wildman–Crippen LogP) is 1.64. The highest BCUT2D eigenvalue weighted by Gasteiger charge is 2.19. The van der Waals surface area contributed by atoms with Crippen LogP contribution in [0.4, 0.5) is 11.4 Å². The van der Waals surface area contributed by atoms with E-state index in [0.29, 0.717) is 0 Å². The summed E-state index contributed by atoms with van der Waals surface area (Å²) in [5.74, 6) is -1.44. The van der Waals surface area contributed by atoms with Crippen LogP contribution in [-0.2, 0) is 0 Å². The number of nitro benzene ring substituents is 1. The molecule has 1 rings (SSSR count). The lowest BCUT2D eigenvalue weighted by Crippen LogP contribution is -2.03. The third kappa shape index (κ3) is 3.28. The van der Waals surface area contributed by atoms with Crippen molar-refractivity contribution in [1.29, 1.82) is 10.5 Å². The Morgan fingerprint density at radius 1 is 1.42 bits per heavy atom. The number of nitro groups is 1. The van der Waals surface area contributed by atoms with Gasteiger partial charge in [-0.2, -0.15) is 10.5 Å². The van der Waals surface area contributed by atoms with Gasteiger partial charge in [0.2, 0.25) is 0 Å². The second-order valence-corrected chi connectivity index (χ2v) is 3.22. The Morgan fingerprint density at radius 3 is 2.53 bits per heavy atom. The summed E-state index contributed by atoms with van der Waals surface area (Å²) in [6, 6.07) is 6.55. The molecule has 8 nitrogen and oxygen atoms in total. The smallest absolute Gasteiger partial charge is 0.342 e. The van der Waals surface area contributed by atoms with Gasteiger partial charge in [-0.1, -0.05) is 0 Å². The summed E-state index contributed by atoms with van der Waals surface area (Å²) in [5, 5.41) is 39.0. The number of nitrogens with one attached hydrogen (secondary N) is 1. The number of allylic oxidation sites excluding steroid dienone is 1. The first-order valence-electron chi connectivity index (χ1n) is 4.78. The number of aromatic carboxylic acids is 1. The van der Waals surface area contributed by atoms with Crippen LogP contribution in [0.15, 0.2) is 30.0 Å². The fourth-order valence-electron chi connectivity index (χ4n) is 1.20. The average Bonchev–Trinajstić information content (AvgIpc) is 2.39. The minimum atomic E-state index is -1.44. The van der Waals surface area contributed by atoms with Crippen molar-refractivity contribution in [1.82, 2.24) is 0 Å². The van der Waals surface area contributed by atoms with Crippen LogP contribution >= 0.6 is 0 Å². The molecule has 1 aromatic rings. The number of benzene rings is 1. The van der Waals surface area contributed by atoms with Crippen LogP contribution in [0, 0.1) is 32.8 Å². The maximum Gasteiger partial charge on any atom is 0.342 e. The lowest BCUT2D eigenvalue weighted by atomic mass is 10.1. The summed E-state index contributed by atoms with van der Waals surface area (Å²) >= 11 is 0. The van der Waals surface area contributed by atoms with E-state index in [1.54, 1.807) is 12.1 Å². The Hall–Kier alpha value is -3.39. The van der Waals surface area contributed by atoms with Gasteiger partial charge in [0.25, 0.3) is 5.69 Å². The van der Waals surface area contributed by atoms with Gasteiger partial charge in [0.15, 0.2) is 0 Å². The Balaban J connectivity index is 3.15. The molecule has 0 aromatic heterocycles. The average molecular weight is 258 g/mol. The molecule has 0 saturated carbocycles. The number of hydrogen-bond acceptors (Lipinski definition) is 6. The molecule has 0 aliphatic rings. The fourth-order valence-corrected chi connectivity index (χ4v) is 1.20. The Labute approximate surface area is 107 Å². The summed E-state index contributed by atoms with van der Waals surface area (Å²) in [5.41, 5.74) is -1.03. The number of nitrogens with zero attached hydrogens (tertiary/aromatic N) is 3. The lowest BCUT2D eigenvalue weighted by Gasteiger charge is -2.03. The zero-order valence-corrected chi connectivity index (χ0v) is 9.32. The number of hydrogen-bond donors (Lipinski definition) is 2. The standard InChI is InChI=1S/C11H6N4O4/c12-4-7(5-13)6-14-8-1-2-10(15(18)19)9(3-8)11(16)17/h1-3,6,14H,(H,16,17). The number of carboxylic acids is 1. The largest absolute Gasteiger partial charge is 0.477 e. The summed E-state index contributed by atoms with van der Waals surface area (Å²) in [4.78, 5) is 20.7. The molecule has 0 bridgehead atoms. The van der Waals surface area contributed by atoms with Gasteiger partial charge in [0, 0.05) is 18.0 Å². The van der Waals surface area contributed by atoms with Crippen molar-refractivity contribution >= 4 is 17.3 Å². The normalized spacial score (nSPS) is 8.74. The minimum absolute atomic E-state index is 0.213. The number of carbonyl (C=O) groups is 1. The van der Waals surface area contributed by atoms with Crippen LogP contribution in [0.5, 0.6) is 0 Å². The van der Waals surface area contributed by atoms with E-state index in [9.17, 15) is 14.9 Å². The topological polar surface area (TPSA) is 140 Å². The van der Waals surface area contributed by atoms with Crippen LogP contribution in [0.3, 0.4) is 0 Å². The first-order chi connectivity index (χ1) is 8.99. The molecule has 0 atom stereocenters. The van der Waals surface area contributed by atoms with Gasteiger partial charge in [-0.25, -0.2) is 4.79 Å². The summed E-state index contributed by atoms with van der Waals surface area (Å²) < 4.78 is 0. The van der Waals surface area contributed by atoms with Crippen molar-refractivity contribution in [3.8, 4) is 12.1 Å². The molecular weight excluding hydrogens is 252 g/mol. The Bertz CT molecular complexity index is 636. The molecular formula is C11H6N4O4. The van der Waals surface area contributed by atoms with E-state index in [4.69, 9.17) is 15.6 Å². The van der Waals surface area contributed by atoms with Crippen molar-refractivity contribution in [2.75, 3.05) is 5.32 Å². The molecule has 0 fully saturated rings. The lowest BCUT2D eigenvalue weighted by molar-refractivity contribution is -0.385. The van der Waals surface area contributed by atoms with Crippen molar-refractivity contribution in [3.05, 3.63) is 45.6 Å². The zero-order chi connectivity index (χ0) is 14.4. The number of carboxylic acid groups (broad SMARTS) is 1. The van der Waals surface area contributed by atoms with Gasteiger partial charge < -0.3 is 10.4 Å². The predicted molar refractivity (Wildman–Crippen MR) is 63.0 cm³/mol. The van der Waals surface area contributed by atoms with Gasteiger partial charge in [-0.3, -0.25) is 10.1 Å². The highest BCUT2D eigenvalue weighted by atomic mass is 16.6. The first-order valence-corrected chi connectivity index (χ1v) is 4.78. The van der Waals surface area contributed by atoms with Crippen LogP contribution in [0.25, 0.3) is 0 Å². The van der Waals surface area contributed by atoms with Crippen molar-refractivity contribution < 1.29 is 14.8 Å². The maximum absolute atomic E-state index is 10.9. The van der Waals surface area contributed by atoms with E-state index in [-0.39, 0.29) is 11.3 Å². The van der Waals surface area contributed by atoms with E-state index < -0.39 is 22.1 Å². The number of anilines is 1. The molecule has 2 N–H and O–H groups in total. The molecule has 0 unspecified atom stereocenters. The van der Waals surface area contributed by atoms with E-state index in [1.165, 1.54) is 6.07 Å². The highest BCUT2D eigenvalue weighted by Crippen LogP contribution is 2.22. The van der Waals surface area contributed by atoms with E-state index in [0.717, 1.165) is 18.3 Å². The van der Waals surface area contributed by atoms with Gasteiger partial charge in [-0.15, -0.1) is 0 Å². The highest BCUT2D eigenvalue weighted by molar-refractivity contribution is 5.93. The summed E-state index contributed by atoms with van der Waals surface area (Å²) in [7, 11) is 0. The molecule has 1 aromatic carbocycles. The van der Waals surface area contributed by atoms with Crippen molar-refractivity contribution in [2.45, 2.75) is 0 Å². The summed E-state index contributed by atoms with van der Waals surface area (Å²) in [6.45, 7) is 0. The zero-order valence-electron chi connectivity index (χ0n) is 9.32. The monoisotopic (exact) mass is 258 g/mol. The number of rotatable bonds is 4. The minimum Gasteiger partial charge on any atom is -0.477 e. The molecule has 0 aliphatic carbocycles. The van der Waals surface area contributed by atoms with E-state index >= 15 is 0 Å². The maximum atomic E-state index is 10.9. The van der Waals surface area contributed by atoms with Gasteiger partial charge in [-0.05, 0) is 12.1 Å². The SMILES string of the molecule is N#CC(C#N)=CNc1ccc([N+](=O)[O-])c(C(=O)O)c1. The quantitative estimate of drug-likeness (QED) is 0.475. The van der Waals surface area contributed by atoms with Gasteiger partial charge in [0.05, 0.1) is 4.92 Å². The Kier molecular flexibility index (Phi) is 4.17. The molecule has 94 valence electrons. The van der Waals surface area contributed by atoms with Gasteiger partial charge >= 0.3 is 5.97 Å². The van der Waals surface area contributed by atoms with Gasteiger partial charge in [0.1, 0.15) is 23.3 Å². The first kappa shape index (κ1) is 13.7. The second-order valence-electron chi connectivity index (χ2n) is 3.22. The molecule has 0 heterocycles. The molecule has 0 aliphatic heterocycles. The third-order valence-corrected chi connectivity index (χ3v) is 2.05. The molecule has 19 heavy (non-hydrogen) atoms. The molecule has 0 radical (unpaired) electrons. The molecule has 0 amide bonds. The second kappa shape index (κ2) is 5.80. The van der Waals surface area contributed by atoms with E-state index in [1.807, 2.05) is 0 Å². The molecule has 0 saturated heterocycles. The van der Waals surface area contributed by atoms with Crippen molar-refractivity contribution in [3.63, 3.8) is 0 Å². The fraction of sp³-hybridized carbons (Fsp3) is 0. The molecule has 0 spiro atoms. The summed E-state index contributed by atoms with van der Waals surface area (Å²) in [6.07, 6.45) is 1.08.